The van der Waals surface area contributed by atoms with Crippen molar-refractivity contribution in [2.75, 3.05) is 13.1 Å². The number of piperidine rings is 1. The molecule has 2 nitrogen and oxygen atoms in total. The average molecular weight is 244 g/mol. The largest absolute Gasteiger partial charge is 0.342 e. The van der Waals surface area contributed by atoms with Crippen molar-refractivity contribution >= 4 is 28.8 Å². The summed E-state index contributed by atoms with van der Waals surface area (Å²) in [4.78, 5) is 14.9. The van der Waals surface area contributed by atoms with Gasteiger partial charge >= 0.3 is 0 Å². The Kier molecular flexibility index (Phi) is 3.65. The number of carbonyl (C=O) groups is 1. The second-order valence-electron chi connectivity index (χ2n) is 3.82. The van der Waals surface area contributed by atoms with Crippen LogP contribution in [0.5, 0.6) is 0 Å². The van der Waals surface area contributed by atoms with Crippen LogP contribution in [-0.2, 0) is 11.2 Å². The molecule has 1 fully saturated rings. The number of nitrogens with zero attached hydrogens (tertiary/aromatic N) is 1. The van der Waals surface area contributed by atoms with Gasteiger partial charge in [-0.2, -0.15) is 0 Å². The number of halogens is 1. The Bertz CT molecular complexity index is 344. The Labute approximate surface area is 98.8 Å². The predicted molar refractivity (Wildman–Crippen MR) is 63.5 cm³/mol. The average Bonchev–Trinajstić information content (AvgIpc) is 2.65. The molecule has 1 aromatic heterocycles. The number of carbonyl (C=O) groups excluding carboxylic acids is 1. The first-order valence-electron chi connectivity index (χ1n) is 5.28. The predicted octanol–water partition coefficient (Wildman–Crippen LogP) is 2.96. The molecule has 82 valence electrons. The fourth-order valence-corrected chi connectivity index (χ4v) is 2.93. The Morgan fingerprint density at radius 2 is 2.07 bits per heavy atom. The molecule has 0 saturated carbocycles. The van der Waals surface area contributed by atoms with Crippen LogP contribution in [0.1, 0.15) is 24.1 Å². The van der Waals surface area contributed by atoms with Gasteiger partial charge in [0, 0.05) is 18.0 Å². The van der Waals surface area contributed by atoms with Crippen molar-refractivity contribution in [2.24, 2.45) is 0 Å². The van der Waals surface area contributed by atoms with E-state index in [1.165, 1.54) is 17.8 Å². The fourth-order valence-electron chi connectivity index (χ4n) is 1.85. The van der Waals surface area contributed by atoms with Crippen molar-refractivity contribution < 1.29 is 4.79 Å². The van der Waals surface area contributed by atoms with Crippen LogP contribution in [0, 0.1) is 0 Å². The van der Waals surface area contributed by atoms with Gasteiger partial charge in [0.15, 0.2) is 0 Å². The lowest BCUT2D eigenvalue weighted by Gasteiger charge is -2.26. The van der Waals surface area contributed by atoms with Crippen LogP contribution in [0.2, 0.25) is 4.34 Å². The summed E-state index contributed by atoms with van der Waals surface area (Å²) in [5, 5.41) is 0. The van der Waals surface area contributed by atoms with Crippen molar-refractivity contribution in [2.45, 2.75) is 25.7 Å². The molecule has 1 saturated heterocycles. The summed E-state index contributed by atoms with van der Waals surface area (Å²) in [5.41, 5.74) is 0. The number of amides is 1. The zero-order valence-electron chi connectivity index (χ0n) is 8.54. The van der Waals surface area contributed by atoms with Crippen LogP contribution in [0.3, 0.4) is 0 Å². The van der Waals surface area contributed by atoms with Gasteiger partial charge in [-0.3, -0.25) is 4.79 Å². The van der Waals surface area contributed by atoms with Gasteiger partial charge in [-0.05, 0) is 31.4 Å². The molecule has 1 amide bonds. The van der Waals surface area contributed by atoms with Gasteiger partial charge in [0.2, 0.25) is 5.91 Å². The Morgan fingerprint density at radius 3 is 2.67 bits per heavy atom. The van der Waals surface area contributed by atoms with Gasteiger partial charge in [0.05, 0.1) is 10.8 Å². The summed E-state index contributed by atoms with van der Waals surface area (Å²) in [6.07, 6.45) is 4.07. The smallest absolute Gasteiger partial charge is 0.227 e. The molecule has 1 aliphatic rings. The van der Waals surface area contributed by atoms with Gasteiger partial charge < -0.3 is 4.90 Å². The maximum absolute atomic E-state index is 11.9. The Morgan fingerprint density at radius 1 is 1.33 bits per heavy atom. The number of thiophene rings is 1. The third kappa shape index (κ3) is 2.95. The van der Waals surface area contributed by atoms with Crippen molar-refractivity contribution in [3.63, 3.8) is 0 Å². The van der Waals surface area contributed by atoms with Crippen LogP contribution in [-0.4, -0.2) is 23.9 Å². The molecular weight excluding hydrogens is 230 g/mol. The number of rotatable bonds is 2. The second kappa shape index (κ2) is 4.99. The molecule has 0 spiro atoms. The standard InChI is InChI=1S/C11H14ClNOS/c12-10-5-4-9(15-10)8-11(14)13-6-2-1-3-7-13/h4-5H,1-3,6-8H2. The molecule has 0 atom stereocenters. The topological polar surface area (TPSA) is 20.3 Å². The molecule has 0 bridgehead atoms. The van der Waals surface area contributed by atoms with Crippen LogP contribution < -0.4 is 0 Å². The van der Waals surface area contributed by atoms with Gasteiger partial charge in [0.1, 0.15) is 0 Å². The van der Waals surface area contributed by atoms with Crippen LogP contribution in [0.15, 0.2) is 12.1 Å². The summed E-state index contributed by atoms with van der Waals surface area (Å²) in [5.74, 6) is 0.244. The van der Waals surface area contributed by atoms with Gasteiger partial charge in [-0.15, -0.1) is 11.3 Å². The third-order valence-corrected chi connectivity index (χ3v) is 3.89. The molecule has 1 aliphatic heterocycles. The van der Waals surface area contributed by atoms with Crippen LogP contribution in [0.25, 0.3) is 0 Å². The van der Waals surface area contributed by atoms with E-state index in [0.29, 0.717) is 6.42 Å². The summed E-state index contributed by atoms with van der Waals surface area (Å²) in [7, 11) is 0. The maximum atomic E-state index is 11.9. The first-order chi connectivity index (χ1) is 7.25. The van der Waals surface area contributed by atoms with E-state index in [4.69, 9.17) is 11.6 Å². The van der Waals surface area contributed by atoms with Crippen LogP contribution >= 0.6 is 22.9 Å². The highest BCUT2D eigenvalue weighted by molar-refractivity contribution is 7.16. The normalized spacial score (nSPS) is 16.7. The summed E-state index contributed by atoms with van der Waals surface area (Å²) in [6, 6.07) is 3.79. The quantitative estimate of drug-likeness (QED) is 0.782. The van der Waals surface area contributed by atoms with Gasteiger partial charge in [-0.1, -0.05) is 11.6 Å². The van der Waals surface area contributed by atoms with Crippen molar-refractivity contribution in [3.05, 3.63) is 21.3 Å². The van der Waals surface area contributed by atoms with E-state index in [0.717, 1.165) is 35.1 Å². The molecule has 4 heteroatoms. The molecule has 2 heterocycles. The lowest BCUT2D eigenvalue weighted by Crippen LogP contribution is -2.36. The first-order valence-corrected chi connectivity index (χ1v) is 6.47. The molecule has 0 unspecified atom stereocenters. The zero-order valence-corrected chi connectivity index (χ0v) is 10.1. The minimum Gasteiger partial charge on any atom is -0.342 e. The molecule has 15 heavy (non-hydrogen) atoms. The molecule has 0 aromatic carbocycles. The van der Waals surface area contributed by atoms with Crippen molar-refractivity contribution in [1.82, 2.24) is 4.90 Å². The highest BCUT2D eigenvalue weighted by atomic mass is 35.5. The van der Waals surface area contributed by atoms with E-state index in [-0.39, 0.29) is 5.91 Å². The number of hydrogen-bond acceptors (Lipinski definition) is 2. The van der Waals surface area contributed by atoms with E-state index >= 15 is 0 Å². The van der Waals surface area contributed by atoms with E-state index in [1.54, 1.807) is 0 Å². The van der Waals surface area contributed by atoms with E-state index in [9.17, 15) is 4.79 Å². The number of hydrogen-bond donors (Lipinski definition) is 0. The highest BCUT2D eigenvalue weighted by Crippen LogP contribution is 2.22. The third-order valence-electron chi connectivity index (χ3n) is 2.66. The van der Waals surface area contributed by atoms with Crippen LogP contribution in [0.4, 0.5) is 0 Å². The second-order valence-corrected chi connectivity index (χ2v) is 5.62. The fraction of sp³-hybridized carbons (Fsp3) is 0.545. The number of likely N-dealkylation sites (tertiary alicyclic amines) is 1. The molecule has 0 N–H and O–H groups in total. The SMILES string of the molecule is O=C(Cc1ccc(Cl)s1)N1CCCCC1. The molecule has 1 aromatic rings. The molecule has 2 rings (SSSR count). The van der Waals surface area contributed by atoms with Crippen molar-refractivity contribution in [3.8, 4) is 0 Å². The van der Waals surface area contributed by atoms with E-state index in [1.807, 2.05) is 17.0 Å². The first kappa shape index (κ1) is 11.0. The lowest BCUT2D eigenvalue weighted by atomic mass is 10.1. The van der Waals surface area contributed by atoms with E-state index in [2.05, 4.69) is 0 Å². The van der Waals surface area contributed by atoms with Crippen molar-refractivity contribution in [1.29, 1.82) is 0 Å². The zero-order chi connectivity index (χ0) is 10.7. The minimum absolute atomic E-state index is 0.244. The Balaban J connectivity index is 1.91. The Hall–Kier alpha value is -0.540. The van der Waals surface area contributed by atoms with E-state index < -0.39 is 0 Å². The molecule has 0 radical (unpaired) electrons. The lowest BCUT2D eigenvalue weighted by molar-refractivity contribution is -0.131. The summed E-state index contributed by atoms with van der Waals surface area (Å²) in [6.45, 7) is 1.86. The van der Waals surface area contributed by atoms with Gasteiger partial charge in [0.25, 0.3) is 0 Å². The summed E-state index contributed by atoms with van der Waals surface area (Å²) >= 11 is 7.32. The highest BCUT2D eigenvalue weighted by Gasteiger charge is 2.17. The van der Waals surface area contributed by atoms with Gasteiger partial charge in [-0.25, -0.2) is 0 Å². The maximum Gasteiger partial charge on any atom is 0.227 e. The molecule has 0 aliphatic carbocycles. The summed E-state index contributed by atoms with van der Waals surface area (Å²) < 4.78 is 0.761. The monoisotopic (exact) mass is 243 g/mol. The minimum atomic E-state index is 0.244. The molecular formula is C11H14ClNOS.